The Bertz CT molecular complexity index is 598. The van der Waals surface area contributed by atoms with Gasteiger partial charge in [0.15, 0.2) is 5.13 Å². The molecular weight excluding hydrogens is 284 g/mol. The predicted molar refractivity (Wildman–Crippen MR) is 86.4 cm³/mol. The molecule has 0 bridgehead atoms. The van der Waals surface area contributed by atoms with Crippen molar-refractivity contribution in [3.8, 4) is 0 Å². The van der Waals surface area contributed by atoms with Gasteiger partial charge in [-0.2, -0.15) is 0 Å². The van der Waals surface area contributed by atoms with E-state index in [0.717, 1.165) is 29.7 Å². The Labute approximate surface area is 128 Å². The lowest BCUT2D eigenvalue weighted by atomic mass is 9.97. The molecule has 2 unspecified atom stereocenters. The first kappa shape index (κ1) is 14.4. The van der Waals surface area contributed by atoms with Crippen LogP contribution in [0, 0.1) is 5.92 Å². The van der Waals surface area contributed by atoms with Gasteiger partial charge in [0.2, 0.25) is 5.91 Å². The molecule has 1 aromatic heterocycles. The first-order valence-electron chi connectivity index (χ1n) is 7.23. The van der Waals surface area contributed by atoms with E-state index in [1.54, 1.807) is 0 Å². The average molecular weight is 304 g/mol. The van der Waals surface area contributed by atoms with Crippen LogP contribution in [0.2, 0.25) is 0 Å². The molecule has 0 spiro atoms. The zero-order chi connectivity index (χ0) is 14.8. The number of nitrogens with two attached hydrogens (primary N) is 1. The maximum absolute atomic E-state index is 12.1. The van der Waals surface area contributed by atoms with Crippen LogP contribution < -0.4 is 11.1 Å². The Morgan fingerprint density at radius 2 is 2.29 bits per heavy atom. The number of thiazole rings is 1. The van der Waals surface area contributed by atoms with Gasteiger partial charge in [-0.25, -0.2) is 4.98 Å². The van der Waals surface area contributed by atoms with Crippen molar-refractivity contribution in [1.82, 2.24) is 9.88 Å². The van der Waals surface area contributed by atoms with Crippen LogP contribution in [0.15, 0.2) is 24.3 Å². The smallest absolute Gasteiger partial charge is 0.240 e. The van der Waals surface area contributed by atoms with Crippen molar-refractivity contribution in [2.75, 3.05) is 25.0 Å². The number of aromatic nitrogens is 1. The number of carbonyl (C=O) groups excluding carboxylic acids is 1. The van der Waals surface area contributed by atoms with Crippen LogP contribution in [0.1, 0.15) is 13.3 Å². The molecule has 1 aromatic carbocycles. The number of benzene rings is 1. The third-order valence-electron chi connectivity index (χ3n) is 3.68. The molecule has 1 fully saturated rings. The largest absolute Gasteiger partial charge is 0.327 e. The van der Waals surface area contributed by atoms with Gasteiger partial charge in [0, 0.05) is 19.1 Å². The Kier molecular flexibility index (Phi) is 4.19. The number of piperidine rings is 1. The highest BCUT2D eigenvalue weighted by Crippen LogP contribution is 2.25. The van der Waals surface area contributed by atoms with Crippen molar-refractivity contribution in [2.45, 2.75) is 19.4 Å². The Morgan fingerprint density at radius 3 is 3.05 bits per heavy atom. The molecule has 1 amide bonds. The molecule has 3 N–H and O–H groups in total. The number of carbonyl (C=O) groups is 1. The summed E-state index contributed by atoms with van der Waals surface area (Å²) in [6.45, 7) is 4.28. The molecule has 1 aliphatic heterocycles. The molecule has 2 atom stereocenters. The summed E-state index contributed by atoms with van der Waals surface area (Å²) >= 11 is 1.50. The molecular formula is C15H20N4OS. The third-order valence-corrected chi connectivity index (χ3v) is 4.63. The monoisotopic (exact) mass is 304 g/mol. The molecule has 6 heteroatoms. The minimum Gasteiger partial charge on any atom is -0.327 e. The second-order valence-corrected chi connectivity index (χ2v) is 6.86. The SMILES string of the molecule is CC1CC(N)CN(CC(=O)Nc2nc3ccccc3s2)C1. The molecule has 1 aliphatic rings. The first-order valence-corrected chi connectivity index (χ1v) is 8.05. The fourth-order valence-electron chi connectivity index (χ4n) is 2.93. The van der Waals surface area contributed by atoms with Gasteiger partial charge in [-0.15, -0.1) is 0 Å². The van der Waals surface area contributed by atoms with Gasteiger partial charge in [0.1, 0.15) is 0 Å². The quantitative estimate of drug-likeness (QED) is 0.908. The number of anilines is 1. The Morgan fingerprint density at radius 1 is 1.48 bits per heavy atom. The van der Waals surface area contributed by atoms with Crippen molar-refractivity contribution >= 4 is 32.6 Å². The fraction of sp³-hybridized carbons (Fsp3) is 0.467. The molecule has 2 heterocycles. The molecule has 2 aromatic rings. The molecule has 3 rings (SSSR count). The van der Waals surface area contributed by atoms with Gasteiger partial charge in [0.25, 0.3) is 0 Å². The van der Waals surface area contributed by atoms with E-state index < -0.39 is 0 Å². The molecule has 21 heavy (non-hydrogen) atoms. The van der Waals surface area contributed by atoms with Crippen LogP contribution >= 0.6 is 11.3 Å². The van der Waals surface area contributed by atoms with Gasteiger partial charge in [-0.05, 0) is 24.5 Å². The summed E-state index contributed by atoms with van der Waals surface area (Å²) in [6, 6.07) is 8.05. The number of nitrogens with zero attached hydrogens (tertiary/aromatic N) is 2. The molecule has 0 radical (unpaired) electrons. The minimum absolute atomic E-state index is 0.0182. The number of amides is 1. The zero-order valence-corrected chi connectivity index (χ0v) is 12.9. The summed E-state index contributed by atoms with van der Waals surface area (Å²) in [6.07, 6.45) is 1.04. The van der Waals surface area contributed by atoms with Gasteiger partial charge >= 0.3 is 0 Å². The van der Waals surface area contributed by atoms with E-state index in [1.165, 1.54) is 11.3 Å². The average Bonchev–Trinajstić information content (AvgIpc) is 2.78. The van der Waals surface area contributed by atoms with Crippen LogP contribution in [0.3, 0.4) is 0 Å². The standard InChI is InChI=1S/C15H20N4OS/c1-10-6-11(16)8-19(7-10)9-14(20)18-15-17-12-4-2-3-5-13(12)21-15/h2-5,10-11H,6-9,16H2,1H3,(H,17,18,20). The van der Waals surface area contributed by atoms with E-state index in [-0.39, 0.29) is 11.9 Å². The van der Waals surface area contributed by atoms with Gasteiger partial charge in [0.05, 0.1) is 16.8 Å². The van der Waals surface area contributed by atoms with Gasteiger partial charge in [-0.3, -0.25) is 9.69 Å². The molecule has 1 saturated heterocycles. The number of likely N-dealkylation sites (tertiary alicyclic amines) is 1. The van der Waals surface area contributed by atoms with E-state index in [9.17, 15) is 4.79 Å². The number of nitrogens with one attached hydrogen (secondary N) is 1. The Balaban J connectivity index is 1.61. The first-order chi connectivity index (χ1) is 10.1. The van der Waals surface area contributed by atoms with Crippen molar-refractivity contribution in [3.05, 3.63) is 24.3 Å². The van der Waals surface area contributed by atoms with E-state index in [4.69, 9.17) is 5.73 Å². The maximum atomic E-state index is 12.1. The third kappa shape index (κ3) is 3.58. The number of hydrogen-bond donors (Lipinski definition) is 2. The zero-order valence-electron chi connectivity index (χ0n) is 12.1. The molecule has 112 valence electrons. The van der Waals surface area contributed by atoms with E-state index >= 15 is 0 Å². The summed E-state index contributed by atoms with van der Waals surface area (Å²) in [7, 11) is 0. The normalized spacial score (nSPS) is 23.3. The van der Waals surface area contributed by atoms with Gasteiger partial charge in [-0.1, -0.05) is 30.4 Å². The van der Waals surface area contributed by atoms with Crippen molar-refractivity contribution in [2.24, 2.45) is 11.7 Å². The minimum atomic E-state index is -0.0182. The van der Waals surface area contributed by atoms with Crippen LogP contribution in [-0.4, -0.2) is 41.5 Å². The van der Waals surface area contributed by atoms with E-state index in [2.05, 4.69) is 22.1 Å². The molecule has 0 saturated carbocycles. The lowest BCUT2D eigenvalue weighted by molar-refractivity contribution is -0.117. The van der Waals surface area contributed by atoms with E-state index in [1.807, 2.05) is 24.3 Å². The predicted octanol–water partition coefficient (Wildman–Crippen LogP) is 1.90. The van der Waals surface area contributed by atoms with Crippen molar-refractivity contribution < 1.29 is 4.79 Å². The second-order valence-electron chi connectivity index (χ2n) is 5.83. The van der Waals surface area contributed by atoms with Crippen LogP contribution in [0.4, 0.5) is 5.13 Å². The summed E-state index contributed by atoms with van der Waals surface area (Å²) in [4.78, 5) is 18.7. The Hall–Kier alpha value is -1.50. The highest BCUT2D eigenvalue weighted by Gasteiger charge is 2.23. The summed E-state index contributed by atoms with van der Waals surface area (Å²) in [5.74, 6) is 0.527. The van der Waals surface area contributed by atoms with Crippen molar-refractivity contribution in [1.29, 1.82) is 0 Å². The number of fused-ring (bicyclic) bond motifs is 1. The second kappa shape index (κ2) is 6.09. The van der Waals surface area contributed by atoms with Crippen LogP contribution in [0.5, 0.6) is 0 Å². The highest BCUT2D eigenvalue weighted by molar-refractivity contribution is 7.22. The van der Waals surface area contributed by atoms with Gasteiger partial charge < -0.3 is 11.1 Å². The molecule has 0 aliphatic carbocycles. The highest BCUT2D eigenvalue weighted by atomic mass is 32.1. The van der Waals surface area contributed by atoms with Crippen LogP contribution in [-0.2, 0) is 4.79 Å². The number of para-hydroxylation sites is 1. The fourth-order valence-corrected chi connectivity index (χ4v) is 3.81. The topological polar surface area (TPSA) is 71.2 Å². The molecule has 5 nitrogen and oxygen atoms in total. The summed E-state index contributed by atoms with van der Waals surface area (Å²) in [5.41, 5.74) is 6.93. The maximum Gasteiger partial charge on any atom is 0.240 e. The summed E-state index contributed by atoms with van der Waals surface area (Å²) in [5, 5.41) is 3.56. The van der Waals surface area contributed by atoms with E-state index in [0.29, 0.717) is 17.6 Å². The van der Waals surface area contributed by atoms with Crippen LogP contribution in [0.25, 0.3) is 10.2 Å². The number of rotatable bonds is 3. The lowest BCUT2D eigenvalue weighted by Gasteiger charge is -2.34. The van der Waals surface area contributed by atoms with Crippen molar-refractivity contribution in [3.63, 3.8) is 0 Å². The summed E-state index contributed by atoms with van der Waals surface area (Å²) < 4.78 is 1.08. The number of hydrogen-bond acceptors (Lipinski definition) is 5. The lowest BCUT2D eigenvalue weighted by Crippen LogP contribution is -2.48.